The molecule has 0 aliphatic carbocycles. The van der Waals surface area contributed by atoms with Crippen molar-refractivity contribution < 1.29 is 47.5 Å². The van der Waals surface area contributed by atoms with Crippen molar-refractivity contribution in [1.82, 2.24) is 0 Å². The number of carbonyl (C=O) groups is 2. The van der Waals surface area contributed by atoms with E-state index in [1.54, 1.807) is 13.8 Å². The number of ether oxygens (including phenoxy) is 2. The van der Waals surface area contributed by atoms with E-state index < -0.39 is 19.8 Å². The minimum atomic E-state index is -4.43. The molecule has 0 rings (SSSR count). The van der Waals surface area contributed by atoms with E-state index in [0.29, 0.717) is 23.1 Å². The summed E-state index contributed by atoms with van der Waals surface area (Å²) in [5.74, 6) is -2.17. The average molecular weight is 397 g/mol. The zero-order valence-electron chi connectivity index (χ0n) is 15.8. The van der Waals surface area contributed by atoms with Gasteiger partial charge in [-0.1, -0.05) is 13.2 Å². The molecule has 0 aromatic heterocycles. The Bertz CT molecular complexity index is 553. The SMILES string of the molecule is C=C(C)C(=O)OC(C)C[N+](C)(C)CCOP(=O)(O)O.C=C(OC)C(=O)[O-]. The molecular weight excluding hydrogens is 369 g/mol. The third kappa shape index (κ3) is 15.8. The Morgan fingerprint density at radius 2 is 1.77 bits per heavy atom. The van der Waals surface area contributed by atoms with Crippen molar-refractivity contribution in [3.63, 3.8) is 0 Å². The van der Waals surface area contributed by atoms with E-state index in [1.807, 2.05) is 14.1 Å². The molecule has 152 valence electrons. The quantitative estimate of drug-likeness (QED) is 0.165. The van der Waals surface area contributed by atoms with Crippen LogP contribution in [0.15, 0.2) is 24.5 Å². The molecule has 0 amide bonds. The second-order valence-electron chi connectivity index (χ2n) is 6.08. The van der Waals surface area contributed by atoms with Gasteiger partial charge in [-0.05, 0) is 13.8 Å². The number of hydrogen-bond donors (Lipinski definition) is 2. The molecule has 0 aromatic rings. The van der Waals surface area contributed by atoms with Crippen molar-refractivity contribution in [2.45, 2.75) is 20.0 Å². The highest BCUT2D eigenvalue weighted by Crippen LogP contribution is 2.35. The number of carbonyl (C=O) groups excluding carboxylic acids is 2. The molecule has 0 aliphatic heterocycles. The molecule has 11 heteroatoms. The first-order valence-corrected chi connectivity index (χ1v) is 8.97. The fourth-order valence-electron chi connectivity index (χ4n) is 1.60. The van der Waals surface area contributed by atoms with Crippen LogP contribution < -0.4 is 5.11 Å². The molecule has 0 heterocycles. The lowest BCUT2D eigenvalue weighted by atomic mass is 10.3. The fourth-order valence-corrected chi connectivity index (χ4v) is 1.92. The highest BCUT2D eigenvalue weighted by Gasteiger charge is 2.23. The lowest BCUT2D eigenvalue weighted by molar-refractivity contribution is -0.893. The topological polar surface area (TPSA) is 142 Å². The zero-order chi connectivity index (χ0) is 21.1. The molecule has 2 N–H and O–H groups in total. The number of esters is 1. The Morgan fingerprint density at radius 1 is 1.27 bits per heavy atom. The van der Waals surface area contributed by atoms with Gasteiger partial charge in [0, 0.05) is 5.57 Å². The van der Waals surface area contributed by atoms with E-state index >= 15 is 0 Å². The standard InChI is InChI=1S/C11H22NO6P.C4H6O3/c1-9(2)11(13)18-10(3)8-12(4,5)6-7-17-19(14,15)16;1-3(7-2)4(5)6/h10H,1,6-8H2,2-5H3,(H-,14,15,16);1H2,2H3,(H,5,6). The minimum Gasteiger partial charge on any atom is -0.542 e. The van der Waals surface area contributed by atoms with Crippen LogP contribution >= 0.6 is 7.82 Å². The number of aliphatic carboxylic acids is 1. The number of hydrogen-bond acceptors (Lipinski definition) is 7. The molecule has 0 spiro atoms. The molecule has 0 aromatic carbocycles. The Labute approximate surface area is 153 Å². The van der Waals surface area contributed by atoms with Gasteiger partial charge in [-0.2, -0.15) is 0 Å². The average Bonchev–Trinajstić information content (AvgIpc) is 2.44. The van der Waals surface area contributed by atoms with E-state index in [1.165, 1.54) is 7.11 Å². The first kappa shape index (κ1) is 26.5. The van der Waals surface area contributed by atoms with Gasteiger partial charge in [-0.25, -0.2) is 9.36 Å². The number of nitrogens with zero attached hydrogens (tertiary/aromatic N) is 1. The van der Waals surface area contributed by atoms with Crippen LogP contribution in [-0.4, -0.2) is 73.2 Å². The maximum absolute atomic E-state index is 11.3. The van der Waals surface area contributed by atoms with Gasteiger partial charge >= 0.3 is 13.8 Å². The number of likely N-dealkylation sites (N-methyl/N-ethyl adjacent to an activating group) is 1. The summed E-state index contributed by atoms with van der Waals surface area (Å²) in [5.41, 5.74) is 0.335. The predicted molar refractivity (Wildman–Crippen MR) is 91.4 cm³/mol. The summed E-state index contributed by atoms with van der Waals surface area (Å²) < 4.78 is 24.7. The fraction of sp³-hybridized carbons (Fsp3) is 0.600. The molecule has 26 heavy (non-hydrogen) atoms. The van der Waals surface area contributed by atoms with Crippen molar-refractivity contribution in [3.8, 4) is 0 Å². The van der Waals surface area contributed by atoms with Gasteiger partial charge in [0.05, 0.1) is 21.2 Å². The van der Waals surface area contributed by atoms with E-state index in [9.17, 15) is 19.3 Å². The van der Waals surface area contributed by atoms with Gasteiger partial charge in [0.15, 0.2) is 0 Å². The second-order valence-corrected chi connectivity index (χ2v) is 7.32. The highest BCUT2D eigenvalue weighted by molar-refractivity contribution is 7.46. The molecule has 10 nitrogen and oxygen atoms in total. The van der Waals surface area contributed by atoms with Gasteiger partial charge in [-0.15, -0.1) is 0 Å². The summed E-state index contributed by atoms with van der Waals surface area (Å²) in [7, 11) is 0.502. The third-order valence-corrected chi connectivity index (χ3v) is 3.36. The summed E-state index contributed by atoms with van der Waals surface area (Å²) in [4.78, 5) is 38.1. The lowest BCUT2D eigenvalue weighted by Crippen LogP contribution is -2.47. The number of carboxylic acids is 1. The zero-order valence-corrected chi connectivity index (χ0v) is 16.7. The van der Waals surface area contributed by atoms with Gasteiger partial charge < -0.3 is 33.6 Å². The Kier molecular flexibility index (Phi) is 12.1. The minimum absolute atomic E-state index is 0.0710. The molecule has 1 unspecified atom stereocenters. The Balaban J connectivity index is 0. The first-order valence-electron chi connectivity index (χ1n) is 7.44. The summed E-state index contributed by atoms with van der Waals surface area (Å²) in [5, 5.41) is 9.59. The summed E-state index contributed by atoms with van der Waals surface area (Å²) >= 11 is 0. The summed E-state index contributed by atoms with van der Waals surface area (Å²) in [6, 6.07) is 0. The van der Waals surface area contributed by atoms with Crippen molar-refractivity contribution >= 4 is 19.8 Å². The van der Waals surface area contributed by atoms with Gasteiger partial charge in [0.2, 0.25) is 0 Å². The lowest BCUT2D eigenvalue weighted by Gasteiger charge is -2.32. The maximum atomic E-state index is 11.3. The highest BCUT2D eigenvalue weighted by atomic mass is 31.2. The molecule has 0 aliphatic rings. The second kappa shape index (κ2) is 11.8. The van der Waals surface area contributed by atoms with E-state index in [4.69, 9.17) is 14.5 Å². The van der Waals surface area contributed by atoms with Gasteiger partial charge in [0.1, 0.15) is 37.5 Å². The van der Waals surface area contributed by atoms with Crippen LogP contribution in [0.5, 0.6) is 0 Å². The normalized spacial score (nSPS) is 12.3. The molecule has 0 fully saturated rings. The van der Waals surface area contributed by atoms with Crippen molar-refractivity contribution in [2.75, 3.05) is 40.9 Å². The van der Waals surface area contributed by atoms with Crippen molar-refractivity contribution in [1.29, 1.82) is 0 Å². The molecule has 0 saturated heterocycles. The molecule has 1 atom stereocenters. The Morgan fingerprint density at radius 3 is 2.08 bits per heavy atom. The summed E-state index contributed by atoms with van der Waals surface area (Å²) in [6.45, 7) is 10.6. The largest absolute Gasteiger partial charge is 0.542 e. The molecule has 0 radical (unpaired) electrons. The van der Waals surface area contributed by atoms with E-state index in [0.717, 1.165) is 0 Å². The van der Waals surface area contributed by atoms with Gasteiger partial charge in [0.25, 0.3) is 0 Å². The number of phosphoric ester groups is 1. The Hall–Kier alpha value is -1.71. The monoisotopic (exact) mass is 397 g/mol. The van der Waals surface area contributed by atoms with E-state index in [-0.39, 0.29) is 18.5 Å². The van der Waals surface area contributed by atoms with Crippen LogP contribution in [0, 0.1) is 0 Å². The summed E-state index contributed by atoms with van der Waals surface area (Å²) in [6.07, 6.45) is -0.325. The number of methoxy groups -OCH3 is 1. The van der Waals surface area contributed by atoms with Crippen LogP contribution in [0.1, 0.15) is 13.8 Å². The van der Waals surface area contributed by atoms with Crippen LogP contribution in [0.3, 0.4) is 0 Å². The number of rotatable bonds is 10. The van der Waals surface area contributed by atoms with E-state index in [2.05, 4.69) is 22.4 Å². The van der Waals surface area contributed by atoms with Gasteiger partial charge in [-0.3, -0.25) is 4.52 Å². The number of quaternary nitrogens is 1. The van der Waals surface area contributed by atoms with Crippen LogP contribution in [0.4, 0.5) is 0 Å². The smallest absolute Gasteiger partial charge is 0.469 e. The predicted octanol–water partition coefficient (Wildman–Crippen LogP) is -0.424. The first-order chi connectivity index (χ1) is 11.6. The molecule has 0 bridgehead atoms. The number of phosphoric acid groups is 1. The molecule has 0 saturated carbocycles. The van der Waals surface area contributed by atoms with Crippen LogP contribution in [0.2, 0.25) is 0 Å². The third-order valence-electron chi connectivity index (χ3n) is 2.84. The molecular formula is C15H28NO9P. The van der Waals surface area contributed by atoms with Crippen molar-refractivity contribution in [3.05, 3.63) is 24.5 Å². The van der Waals surface area contributed by atoms with Crippen LogP contribution in [-0.2, 0) is 28.2 Å². The maximum Gasteiger partial charge on any atom is 0.469 e. The van der Waals surface area contributed by atoms with Crippen molar-refractivity contribution in [2.24, 2.45) is 0 Å². The van der Waals surface area contributed by atoms with Crippen LogP contribution in [0.25, 0.3) is 0 Å². The number of carboxylic acid groups (broad SMARTS) is 1.